The summed E-state index contributed by atoms with van der Waals surface area (Å²) >= 11 is 0. The summed E-state index contributed by atoms with van der Waals surface area (Å²) in [6, 6.07) is 17.7. The molecule has 0 aromatic heterocycles. The van der Waals surface area contributed by atoms with Gasteiger partial charge in [0.25, 0.3) is 0 Å². The number of ether oxygens (including phenoxy) is 2. The minimum absolute atomic E-state index is 0.103. The third-order valence-electron chi connectivity index (χ3n) is 8.80. The van der Waals surface area contributed by atoms with Crippen LogP contribution in [0.2, 0.25) is 0 Å². The highest BCUT2D eigenvalue weighted by molar-refractivity contribution is 5.99. The van der Waals surface area contributed by atoms with Crippen molar-refractivity contribution < 1.29 is 38.2 Å². The fraction of sp³-hybridized carbons (Fsp3) is 0.550. The molecule has 0 heterocycles. The highest BCUT2D eigenvalue weighted by Gasteiger charge is 2.43. The number of esters is 2. The molecule has 2 aromatic rings. The molecule has 2 rings (SSSR count). The van der Waals surface area contributed by atoms with E-state index in [9.17, 15) is 28.8 Å². The molecule has 53 heavy (non-hydrogen) atoms. The summed E-state index contributed by atoms with van der Waals surface area (Å²) in [4.78, 5) is 82.0. The van der Waals surface area contributed by atoms with E-state index >= 15 is 0 Å². The average molecular weight is 738 g/mol. The first-order valence-corrected chi connectivity index (χ1v) is 18.3. The maximum Gasteiger partial charge on any atom is 0.328 e. The van der Waals surface area contributed by atoms with Crippen molar-refractivity contribution in [3.05, 3.63) is 71.8 Å². The molecule has 4 atom stereocenters. The molecule has 0 bridgehead atoms. The lowest BCUT2D eigenvalue weighted by molar-refractivity contribution is -0.149. The number of nitrogens with one attached hydrogen (secondary N) is 4. The number of amides is 4. The number of hydrogen-bond acceptors (Lipinski definition) is 9. The van der Waals surface area contributed by atoms with Crippen LogP contribution in [0.4, 0.5) is 0 Å². The molecule has 2 aromatic carbocycles. The SMILES string of the molecule is CCOC(=O)[C@@H](NC(=O)[C@@](C)(CC(=O)N[C@](C)(CCN(Cc1ccccc1)Cc1ccccc1)C(=O)N[C@H](C(=O)OCC)C(C)C)NC(C)=O)C(C)C. The first kappa shape index (κ1) is 44.4. The molecule has 0 fully saturated rings. The Morgan fingerprint density at radius 1 is 0.660 bits per heavy atom. The molecule has 0 saturated heterocycles. The number of hydrogen-bond donors (Lipinski definition) is 4. The summed E-state index contributed by atoms with van der Waals surface area (Å²) in [5.74, 6) is -4.64. The molecule has 0 aliphatic heterocycles. The summed E-state index contributed by atoms with van der Waals surface area (Å²) in [7, 11) is 0. The van der Waals surface area contributed by atoms with Gasteiger partial charge in [0.05, 0.1) is 19.6 Å². The van der Waals surface area contributed by atoms with Gasteiger partial charge in [-0.3, -0.25) is 24.1 Å². The van der Waals surface area contributed by atoms with E-state index in [2.05, 4.69) is 26.2 Å². The van der Waals surface area contributed by atoms with Crippen LogP contribution >= 0.6 is 0 Å². The van der Waals surface area contributed by atoms with Crippen molar-refractivity contribution in [2.75, 3.05) is 19.8 Å². The molecule has 0 spiro atoms. The predicted molar refractivity (Wildman–Crippen MR) is 202 cm³/mol. The van der Waals surface area contributed by atoms with Gasteiger partial charge in [-0.2, -0.15) is 0 Å². The van der Waals surface area contributed by atoms with Crippen LogP contribution in [0, 0.1) is 11.8 Å². The normalized spacial score (nSPS) is 14.6. The van der Waals surface area contributed by atoms with E-state index in [1.165, 1.54) is 13.8 Å². The van der Waals surface area contributed by atoms with Crippen molar-refractivity contribution in [2.45, 2.75) is 111 Å². The number of carbonyl (C=O) groups excluding carboxylic acids is 6. The Hall–Kier alpha value is -4.78. The number of benzene rings is 2. The van der Waals surface area contributed by atoms with Crippen LogP contribution in [0.15, 0.2) is 60.7 Å². The second-order valence-electron chi connectivity index (χ2n) is 14.4. The standard InChI is InChI=1S/C40H59N5O8/c1-10-52-35(48)33(27(3)4)41-37(50)39(8,22-23-45(25-30-18-14-12-15-19-30)26-31-20-16-13-17-21-31)44-32(47)24-40(9,43-29(7)46)38(51)42-34(28(5)6)36(49)53-11-2/h12-21,27-28,33-34H,10-11,22-26H2,1-9H3,(H,41,50)(H,42,51)(H,43,46)(H,44,47)/t33-,34-,39+,40+/m0/s1. The molecule has 4 amide bonds. The van der Waals surface area contributed by atoms with Crippen molar-refractivity contribution in [1.29, 1.82) is 0 Å². The van der Waals surface area contributed by atoms with Gasteiger partial charge in [-0.25, -0.2) is 9.59 Å². The van der Waals surface area contributed by atoms with Crippen LogP contribution < -0.4 is 21.3 Å². The summed E-state index contributed by atoms with van der Waals surface area (Å²) in [5.41, 5.74) is -1.30. The summed E-state index contributed by atoms with van der Waals surface area (Å²) < 4.78 is 10.4. The van der Waals surface area contributed by atoms with E-state index in [0.29, 0.717) is 19.6 Å². The van der Waals surface area contributed by atoms with E-state index < -0.39 is 65.1 Å². The minimum Gasteiger partial charge on any atom is -0.464 e. The monoisotopic (exact) mass is 737 g/mol. The Labute approximate surface area is 314 Å². The van der Waals surface area contributed by atoms with Gasteiger partial charge in [0.15, 0.2) is 0 Å². The Morgan fingerprint density at radius 2 is 1.08 bits per heavy atom. The molecular formula is C40H59N5O8. The van der Waals surface area contributed by atoms with Crippen LogP contribution in [-0.4, -0.2) is 83.4 Å². The van der Waals surface area contributed by atoms with Gasteiger partial charge in [-0.15, -0.1) is 0 Å². The Bertz CT molecular complexity index is 1480. The number of rotatable bonds is 21. The zero-order valence-corrected chi connectivity index (χ0v) is 32.7. The van der Waals surface area contributed by atoms with Gasteiger partial charge in [0.1, 0.15) is 23.2 Å². The summed E-state index contributed by atoms with van der Waals surface area (Å²) in [6.07, 6.45) is -0.461. The molecule has 4 N–H and O–H groups in total. The number of carbonyl (C=O) groups is 6. The summed E-state index contributed by atoms with van der Waals surface area (Å²) in [5, 5.41) is 10.9. The predicted octanol–water partition coefficient (Wildman–Crippen LogP) is 3.65. The molecular weight excluding hydrogens is 678 g/mol. The molecule has 0 aliphatic rings. The van der Waals surface area contributed by atoms with Crippen molar-refractivity contribution >= 4 is 35.6 Å². The van der Waals surface area contributed by atoms with Crippen molar-refractivity contribution in [3.63, 3.8) is 0 Å². The minimum atomic E-state index is -1.81. The van der Waals surface area contributed by atoms with Crippen molar-refractivity contribution in [3.8, 4) is 0 Å². The molecule has 0 aliphatic carbocycles. The Balaban J connectivity index is 2.48. The fourth-order valence-corrected chi connectivity index (χ4v) is 5.82. The summed E-state index contributed by atoms with van der Waals surface area (Å²) in [6.45, 7) is 16.2. The zero-order chi connectivity index (χ0) is 39.8. The zero-order valence-electron chi connectivity index (χ0n) is 32.7. The van der Waals surface area contributed by atoms with E-state index in [0.717, 1.165) is 11.1 Å². The molecule has 0 saturated carbocycles. The van der Waals surface area contributed by atoms with E-state index in [1.807, 2.05) is 60.7 Å². The van der Waals surface area contributed by atoms with Gasteiger partial charge < -0.3 is 30.7 Å². The van der Waals surface area contributed by atoms with E-state index in [-0.39, 0.29) is 31.5 Å². The molecule has 0 radical (unpaired) electrons. The Kier molecular flexibility index (Phi) is 17.6. The topological polar surface area (TPSA) is 172 Å². The smallest absolute Gasteiger partial charge is 0.328 e. The fourth-order valence-electron chi connectivity index (χ4n) is 5.82. The van der Waals surface area contributed by atoms with E-state index in [1.54, 1.807) is 48.5 Å². The Morgan fingerprint density at radius 3 is 1.45 bits per heavy atom. The highest BCUT2D eigenvalue weighted by atomic mass is 16.5. The number of nitrogens with zero attached hydrogens (tertiary/aromatic N) is 1. The third kappa shape index (κ3) is 14.3. The quantitative estimate of drug-likeness (QED) is 0.140. The van der Waals surface area contributed by atoms with Crippen LogP contribution in [-0.2, 0) is 51.3 Å². The van der Waals surface area contributed by atoms with Crippen LogP contribution in [0.25, 0.3) is 0 Å². The average Bonchev–Trinajstić information content (AvgIpc) is 3.08. The van der Waals surface area contributed by atoms with Gasteiger partial charge >= 0.3 is 11.9 Å². The first-order valence-electron chi connectivity index (χ1n) is 18.3. The maximum absolute atomic E-state index is 14.2. The van der Waals surface area contributed by atoms with Gasteiger partial charge in [-0.1, -0.05) is 88.4 Å². The van der Waals surface area contributed by atoms with Crippen molar-refractivity contribution in [2.24, 2.45) is 11.8 Å². The first-order chi connectivity index (χ1) is 24.9. The molecule has 13 nitrogen and oxygen atoms in total. The van der Waals surface area contributed by atoms with Crippen LogP contribution in [0.5, 0.6) is 0 Å². The second kappa shape index (κ2) is 21.1. The molecule has 13 heteroatoms. The van der Waals surface area contributed by atoms with Crippen LogP contribution in [0.3, 0.4) is 0 Å². The second-order valence-corrected chi connectivity index (χ2v) is 14.4. The third-order valence-corrected chi connectivity index (χ3v) is 8.80. The highest BCUT2D eigenvalue weighted by Crippen LogP contribution is 2.20. The lowest BCUT2D eigenvalue weighted by atomic mass is 9.90. The van der Waals surface area contributed by atoms with Gasteiger partial charge in [0, 0.05) is 26.6 Å². The largest absolute Gasteiger partial charge is 0.464 e. The lowest BCUT2D eigenvalue weighted by Crippen LogP contribution is -2.64. The lowest BCUT2D eigenvalue weighted by Gasteiger charge is -2.36. The van der Waals surface area contributed by atoms with Crippen molar-refractivity contribution in [1.82, 2.24) is 26.2 Å². The maximum atomic E-state index is 14.2. The van der Waals surface area contributed by atoms with E-state index in [4.69, 9.17) is 9.47 Å². The van der Waals surface area contributed by atoms with Gasteiger partial charge in [0.2, 0.25) is 23.6 Å². The molecule has 292 valence electrons. The van der Waals surface area contributed by atoms with Crippen LogP contribution in [0.1, 0.15) is 86.3 Å². The van der Waals surface area contributed by atoms with Gasteiger partial charge in [-0.05, 0) is 57.1 Å². The molecule has 0 unspecified atom stereocenters.